The maximum absolute atomic E-state index is 6.18. The van der Waals surface area contributed by atoms with Crippen LogP contribution in [0.2, 0.25) is 0 Å². The summed E-state index contributed by atoms with van der Waals surface area (Å²) in [5.41, 5.74) is 9.26. The Morgan fingerprint density at radius 3 is 2.74 bits per heavy atom. The van der Waals surface area contributed by atoms with E-state index in [9.17, 15) is 0 Å². The molecule has 0 aromatic heterocycles. The second-order valence-electron chi connectivity index (χ2n) is 6.46. The van der Waals surface area contributed by atoms with Crippen LogP contribution < -0.4 is 5.73 Å². The van der Waals surface area contributed by atoms with Crippen LogP contribution in [0.4, 0.5) is 0 Å². The lowest BCUT2D eigenvalue weighted by molar-refractivity contribution is 0.00800. The summed E-state index contributed by atoms with van der Waals surface area (Å²) in [6, 6.07) is 8.84. The van der Waals surface area contributed by atoms with Crippen molar-refractivity contribution in [2.45, 2.75) is 57.0 Å². The highest BCUT2D eigenvalue weighted by Crippen LogP contribution is 2.41. The van der Waals surface area contributed by atoms with Gasteiger partial charge in [0.2, 0.25) is 0 Å². The van der Waals surface area contributed by atoms with Gasteiger partial charge in [0.15, 0.2) is 0 Å². The van der Waals surface area contributed by atoms with Gasteiger partial charge < -0.3 is 10.5 Å². The van der Waals surface area contributed by atoms with Crippen molar-refractivity contribution < 1.29 is 4.74 Å². The molecule has 2 rings (SSSR count). The maximum atomic E-state index is 6.18. The van der Waals surface area contributed by atoms with Crippen molar-refractivity contribution in [1.82, 2.24) is 0 Å². The van der Waals surface area contributed by atoms with Gasteiger partial charge in [-0.05, 0) is 57.1 Å². The van der Waals surface area contributed by atoms with Crippen LogP contribution in [0.5, 0.6) is 0 Å². The Morgan fingerprint density at radius 2 is 2.05 bits per heavy atom. The number of benzene rings is 1. The SMILES string of the molecule is COC(C)(C)CCC1(CN)CCCc2ccccc21. The lowest BCUT2D eigenvalue weighted by atomic mass is 9.66. The highest BCUT2D eigenvalue weighted by Gasteiger charge is 2.36. The first kappa shape index (κ1) is 14.5. The van der Waals surface area contributed by atoms with E-state index in [1.165, 1.54) is 30.4 Å². The van der Waals surface area contributed by atoms with Gasteiger partial charge in [0.05, 0.1) is 5.60 Å². The summed E-state index contributed by atoms with van der Waals surface area (Å²) in [7, 11) is 1.80. The second kappa shape index (κ2) is 5.64. The number of rotatable bonds is 5. The molecule has 0 fully saturated rings. The predicted octanol–water partition coefficient (Wildman–Crippen LogP) is 3.42. The first-order valence-corrected chi connectivity index (χ1v) is 7.37. The summed E-state index contributed by atoms with van der Waals surface area (Å²) >= 11 is 0. The zero-order chi connectivity index (χ0) is 13.9. The van der Waals surface area contributed by atoms with Crippen molar-refractivity contribution in [3.8, 4) is 0 Å². The summed E-state index contributed by atoms with van der Waals surface area (Å²) in [6.07, 6.45) is 5.82. The monoisotopic (exact) mass is 261 g/mol. The number of hydrogen-bond acceptors (Lipinski definition) is 2. The molecule has 1 aromatic carbocycles. The number of aryl methyl sites for hydroxylation is 1. The minimum absolute atomic E-state index is 0.0610. The standard InChI is InChI=1S/C17H27NO/c1-16(2,19-3)11-12-17(13-18)10-6-8-14-7-4-5-9-15(14)17/h4-5,7,9H,6,8,10-13,18H2,1-3H3. The Kier molecular flexibility index (Phi) is 4.32. The smallest absolute Gasteiger partial charge is 0.0623 e. The molecule has 2 nitrogen and oxygen atoms in total. The molecule has 0 saturated heterocycles. The summed E-state index contributed by atoms with van der Waals surface area (Å²) in [6.45, 7) is 5.06. The van der Waals surface area contributed by atoms with E-state index in [1.807, 2.05) is 0 Å². The van der Waals surface area contributed by atoms with E-state index in [0.29, 0.717) is 0 Å². The van der Waals surface area contributed by atoms with Crippen molar-refractivity contribution in [1.29, 1.82) is 0 Å². The molecular weight excluding hydrogens is 234 g/mol. The summed E-state index contributed by atoms with van der Waals surface area (Å²) in [4.78, 5) is 0. The van der Waals surface area contributed by atoms with Crippen LogP contribution >= 0.6 is 0 Å². The molecule has 1 aromatic rings. The fourth-order valence-corrected chi connectivity index (χ4v) is 3.22. The van der Waals surface area contributed by atoms with Crippen LogP contribution in [0, 0.1) is 0 Å². The molecule has 106 valence electrons. The number of fused-ring (bicyclic) bond motifs is 1. The largest absolute Gasteiger partial charge is 0.379 e. The summed E-state index contributed by atoms with van der Waals surface area (Å²) in [5.74, 6) is 0. The molecule has 1 atom stereocenters. The van der Waals surface area contributed by atoms with E-state index in [2.05, 4.69) is 38.1 Å². The lowest BCUT2D eigenvalue weighted by Gasteiger charge is -2.40. The molecule has 0 spiro atoms. The third kappa shape index (κ3) is 3.01. The highest BCUT2D eigenvalue weighted by molar-refractivity contribution is 5.37. The third-order valence-corrected chi connectivity index (χ3v) is 4.84. The molecule has 19 heavy (non-hydrogen) atoms. The molecule has 0 aliphatic heterocycles. The Labute approximate surface area is 117 Å². The number of hydrogen-bond donors (Lipinski definition) is 1. The molecular formula is C17H27NO. The summed E-state index contributed by atoms with van der Waals surface area (Å²) in [5, 5.41) is 0. The first-order chi connectivity index (χ1) is 9.03. The Morgan fingerprint density at radius 1 is 1.32 bits per heavy atom. The zero-order valence-corrected chi connectivity index (χ0v) is 12.5. The van der Waals surface area contributed by atoms with Crippen molar-refractivity contribution >= 4 is 0 Å². The quantitative estimate of drug-likeness (QED) is 0.881. The average Bonchev–Trinajstić information content (AvgIpc) is 2.45. The summed E-state index contributed by atoms with van der Waals surface area (Å²) < 4.78 is 5.57. The first-order valence-electron chi connectivity index (χ1n) is 7.37. The fourth-order valence-electron chi connectivity index (χ4n) is 3.22. The van der Waals surface area contributed by atoms with Gasteiger partial charge >= 0.3 is 0 Å². The van der Waals surface area contributed by atoms with Crippen LogP contribution in [-0.2, 0) is 16.6 Å². The number of nitrogens with two attached hydrogens (primary N) is 1. The van der Waals surface area contributed by atoms with Gasteiger partial charge in [-0.25, -0.2) is 0 Å². The van der Waals surface area contributed by atoms with Crippen molar-refractivity contribution in [3.05, 3.63) is 35.4 Å². The van der Waals surface area contributed by atoms with E-state index >= 15 is 0 Å². The van der Waals surface area contributed by atoms with Gasteiger partial charge in [0.1, 0.15) is 0 Å². The van der Waals surface area contributed by atoms with Crippen LogP contribution in [0.15, 0.2) is 24.3 Å². The van der Waals surface area contributed by atoms with E-state index in [4.69, 9.17) is 10.5 Å². The molecule has 0 amide bonds. The molecule has 0 radical (unpaired) electrons. The van der Waals surface area contributed by atoms with Gasteiger partial charge in [-0.2, -0.15) is 0 Å². The van der Waals surface area contributed by atoms with Crippen molar-refractivity contribution in [2.24, 2.45) is 5.73 Å². The van der Waals surface area contributed by atoms with E-state index in [-0.39, 0.29) is 11.0 Å². The van der Waals surface area contributed by atoms with Crippen molar-refractivity contribution in [2.75, 3.05) is 13.7 Å². The molecule has 0 heterocycles. The minimum atomic E-state index is -0.0610. The number of methoxy groups -OCH3 is 1. The molecule has 0 saturated carbocycles. The number of ether oxygens (including phenoxy) is 1. The molecule has 2 N–H and O–H groups in total. The fraction of sp³-hybridized carbons (Fsp3) is 0.647. The van der Waals surface area contributed by atoms with E-state index in [1.54, 1.807) is 7.11 Å². The molecule has 2 heteroatoms. The second-order valence-corrected chi connectivity index (χ2v) is 6.46. The third-order valence-electron chi connectivity index (χ3n) is 4.84. The van der Waals surface area contributed by atoms with Crippen LogP contribution in [0.25, 0.3) is 0 Å². The van der Waals surface area contributed by atoms with Gasteiger partial charge in [0, 0.05) is 19.1 Å². The lowest BCUT2D eigenvalue weighted by Crippen LogP contribution is -2.40. The normalized spacial score (nSPS) is 23.2. The van der Waals surface area contributed by atoms with E-state index in [0.717, 1.165) is 19.4 Å². The highest BCUT2D eigenvalue weighted by atomic mass is 16.5. The molecule has 1 aliphatic carbocycles. The maximum Gasteiger partial charge on any atom is 0.0623 e. The molecule has 0 bridgehead atoms. The van der Waals surface area contributed by atoms with Crippen molar-refractivity contribution in [3.63, 3.8) is 0 Å². The van der Waals surface area contributed by atoms with Crippen LogP contribution in [0.3, 0.4) is 0 Å². The van der Waals surface area contributed by atoms with Crippen LogP contribution in [-0.4, -0.2) is 19.3 Å². The van der Waals surface area contributed by atoms with Gasteiger partial charge in [-0.1, -0.05) is 24.3 Å². The average molecular weight is 261 g/mol. The van der Waals surface area contributed by atoms with E-state index < -0.39 is 0 Å². The Balaban J connectivity index is 2.24. The molecule has 1 unspecified atom stereocenters. The zero-order valence-electron chi connectivity index (χ0n) is 12.5. The predicted molar refractivity (Wildman–Crippen MR) is 80.4 cm³/mol. The Hall–Kier alpha value is -0.860. The minimum Gasteiger partial charge on any atom is -0.379 e. The topological polar surface area (TPSA) is 35.2 Å². The van der Waals surface area contributed by atoms with Gasteiger partial charge in [-0.3, -0.25) is 0 Å². The van der Waals surface area contributed by atoms with Gasteiger partial charge in [-0.15, -0.1) is 0 Å². The van der Waals surface area contributed by atoms with Crippen LogP contribution in [0.1, 0.15) is 50.7 Å². The van der Waals surface area contributed by atoms with Gasteiger partial charge in [0.25, 0.3) is 0 Å². The Bertz CT molecular complexity index is 427. The molecule has 1 aliphatic rings.